The van der Waals surface area contributed by atoms with E-state index < -0.39 is 5.41 Å². The summed E-state index contributed by atoms with van der Waals surface area (Å²) >= 11 is 0. The van der Waals surface area contributed by atoms with Gasteiger partial charge < -0.3 is 13.9 Å². The normalized spacial score (nSPS) is 13.2. The van der Waals surface area contributed by atoms with Crippen LogP contribution < -0.4 is 9.47 Å². The van der Waals surface area contributed by atoms with Crippen LogP contribution in [0.3, 0.4) is 0 Å². The molecular formula is C53H32N2O3. The molecular weight excluding hydrogens is 713 g/mol. The molecule has 0 spiro atoms. The second-order valence-electron chi connectivity index (χ2n) is 14.8. The Bertz CT molecular complexity index is 3190. The zero-order chi connectivity index (χ0) is 38.2. The van der Waals surface area contributed by atoms with Crippen LogP contribution in [0.25, 0.3) is 67.0 Å². The van der Waals surface area contributed by atoms with Crippen LogP contribution in [0.5, 0.6) is 23.0 Å². The molecule has 0 fully saturated rings. The summed E-state index contributed by atoms with van der Waals surface area (Å²) in [5.41, 5.74) is 12.1. The fraction of sp³-hybridized carbons (Fsp3) is 0.0189. The number of rotatable bonds is 5. The van der Waals surface area contributed by atoms with Gasteiger partial charge in [-0.2, -0.15) is 0 Å². The van der Waals surface area contributed by atoms with Crippen molar-refractivity contribution in [3.05, 3.63) is 216 Å². The first kappa shape index (κ1) is 32.5. The Morgan fingerprint density at radius 3 is 1.86 bits per heavy atom. The third-order valence-corrected chi connectivity index (χ3v) is 11.7. The van der Waals surface area contributed by atoms with E-state index in [4.69, 9.17) is 23.9 Å². The van der Waals surface area contributed by atoms with Crippen molar-refractivity contribution < 1.29 is 13.9 Å². The number of para-hydroxylation sites is 2. The van der Waals surface area contributed by atoms with E-state index in [9.17, 15) is 0 Å². The van der Waals surface area contributed by atoms with E-state index in [0.29, 0.717) is 34.5 Å². The van der Waals surface area contributed by atoms with E-state index in [0.717, 1.165) is 61.0 Å². The molecule has 8 aromatic carbocycles. The van der Waals surface area contributed by atoms with Gasteiger partial charge in [0, 0.05) is 33.0 Å². The summed E-state index contributed by atoms with van der Waals surface area (Å²) in [5.74, 6) is 3.19. The third kappa shape index (κ3) is 4.77. The first-order valence-electron chi connectivity index (χ1n) is 19.5. The van der Waals surface area contributed by atoms with E-state index in [-0.39, 0.29) is 0 Å². The van der Waals surface area contributed by atoms with Crippen molar-refractivity contribution in [2.24, 2.45) is 0 Å². The molecule has 2 aromatic heterocycles. The van der Waals surface area contributed by atoms with Gasteiger partial charge in [0.25, 0.3) is 0 Å². The molecule has 2 aliphatic rings. The molecule has 0 atom stereocenters. The van der Waals surface area contributed by atoms with Crippen molar-refractivity contribution in [1.29, 1.82) is 0 Å². The standard InChI is InChI=1S/C53H32N2O3/c1-4-15-33(16-5-1)52-54-43(34-27-28-38-37-21-11-13-25-45(37)56-48(38)31-34)32-44(55-52)40-23-14-26-46-50(40)58-51-47(57-46)30-29-42-49(51)39-22-10-12-24-41(39)53(42,35-17-6-2-7-18-35)36-19-8-3-9-20-36/h1-32H. The van der Waals surface area contributed by atoms with E-state index in [1.54, 1.807) is 0 Å². The van der Waals surface area contributed by atoms with Crippen LogP contribution in [0.4, 0.5) is 0 Å². The van der Waals surface area contributed by atoms with Gasteiger partial charge >= 0.3 is 0 Å². The number of ether oxygens (including phenoxy) is 2. The molecule has 0 bridgehead atoms. The van der Waals surface area contributed by atoms with E-state index in [1.165, 1.54) is 16.7 Å². The van der Waals surface area contributed by atoms with Crippen LogP contribution >= 0.6 is 0 Å². The molecule has 5 nitrogen and oxygen atoms in total. The summed E-state index contributed by atoms with van der Waals surface area (Å²) in [6, 6.07) is 67.0. The van der Waals surface area contributed by atoms with Gasteiger partial charge in [-0.05, 0) is 70.3 Å². The lowest BCUT2D eigenvalue weighted by Crippen LogP contribution is -2.28. The predicted molar refractivity (Wildman–Crippen MR) is 230 cm³/mol. The molecule has 0 N–H and O–H groups in total. The Morgan fingerprint density at radius 2 is 1.05 bits per heavy atom. The van der Waals surface area contributed by atoms with Crippen LogP contribution in [0, 0.1) is 0 Å². The maximum Gasteiger partial charge on any atom is 0.179 e. The average Bonchev–Trinajstić information content (AvgIpc) is 3.82. The lowest BCUT2D eigenvalue weighted by atomic mass is 9.68. The number of furan rings is 1. The summed E-state index contributed by atoms with van der Waals surface area (Å²) in [6.07, 6.45) is 0. The Kier molecular flexibility index (Phi) is 7.07. The lowest BCUT2D eigenvalue weighted by Gasteiger charge is -2.34. The topological polar surface area (TPSA) is 57.4 Å². The van der Waals surface area contributed by atoms with Crippen molar-refractivity contribution in [3.63, 3.8) is 0 Å². The molecule has 1 aliphatic heterocycles. The molecule has 0 unspecified atom stereocenters. The van der Waals surface area contributed by atoms with Crippen molar-refractivity contribution in [2.75, 3.05) is 0 Å². The highest BCUT2D eigenvalue weighted by molar-refractivity contribution is 6.06. The average molecular weight is 745 g/mol. The number of hydrogen-bond donors (Lipinski definition) is 0. The van der Waals surface area contributed by atoms with Crippen LogP contribution in [-0.4, -0.2) is 9.97 Å². The highest BCUT2D eigenvalue weighted by atomic mass is 16.6. The van der Waals surface area contributed by atoms with Crippen LogP contribution in [-0.2, 0) is 5.41 Å². The molecule has 1 aliphatic carbocycles. The summed E-state index contributed by atoms with van der Waals surface area (Å²) < 4.78 is 20.3. The molecule has 58 heavy (non-hydrogen) atoms. The molecule has 0 saturated carbocycles. The maximum atomic E-state index is 7.21. The van der Waals surface area contributed by atoms with Gasteiger partial charge in [-0.25, -0.2) is 9.97 Å². The largest absolute Gasteiger partial charge is 0.456 e. The first-order chi connectivity index (χ1) is 28.7. The monoisotopic (exact) mass is 744 g/mol. The minimum absolute atomic E-state index is 0.570. The summed E-state index contributed by atoms with van der Waals surface area (Å²) in [4.78, 5) is 10.3. The second-order valence-corrected chi connectivity index (χ2v) is 14.8. The van der Waals surface area contributed by atoms with Gasteiger partial charge in [0.2, 0.25) is 0 Å². The fourth-order valence-corrected chi connectivity index (χ4v) is 9.12. The fourth-order valence-electron chi connectivity index (χ4n) is 9.12. The quantitative estimate of drug-likeness (QED) is 0.176. The van der Waals surface area contributed by atoms with Crippen LogP contribution in [0.15, 0.2) is 199 Å². The molecule has 5 heteroatoms. The number of hydrogen-bond acceptors (Lipinski definition) is 5. The second kappa shape index (κ2) is 12.6. The molecule has 0 amide bonds. The van der Waals surface area contributed by atoms with Gasteiger partial charge in [-0.15, -0.1) is 0 Å². The SMILES string of the molecule is c1ccc(-c2nc(-c3ccc4c(c3)oc3ccccc34)cc(-c3cccc4c3Oc3c(ccc5c3-c3ccccc3C5(c3ccccc3)c3ccccc3)O4)n2)cc1. The Morgan fingerprint density at radius 1 is 0.397 bits per heavy atom. The van der Waals surface area contributed by atoms with Crippen molar-refractivity contribution in [2.45, 2.75) is 5.41 Å². The summed E-state index contributed by atoms with van der Waals surface area (Å²) in [5, 5.41) is 2.15. The first-order valence-corrected chi connectivity index (χ1v) is 19.5. The molecule has 0 saturated heterocycles. The minimum atomic E-state index is -0.570. The van der Waals surface area contributed by atoms with Crippen molar-refractivity contribution in [1.82, 2.24) is 9.97 Å². The predicted octanol–water partition coefficient (Wildman–Crippen LogP) is 13.6. The van der Waals surface area contributed by atoms with Gasteiger partial charge in [0.1, 0.15) is 11.2 Å². The molecule has 10 aromatic rings. The van der Waals surface area contributed by atoms with Crippen molar-refractivity contribution >= 4 is 21.9 Å². The van der Waals surface area contributed by atoms with Crippen molar-refractivity contribution in [3.8, 4) is 68.0 Å². The molecule has 272 valence electrons. The smallest absolute Gasteiger partial charge is 0.179 e. The Labute approximate surface area is 334 Å². The highest BCUT2D eigenvalue weighted by Crippen LogP contribution is 2.62. The number of aromatic nitrogens is 2. The number of fused-ring (bicyclic) bond motifs is 9. The number of benzene rings is 8. The zero-order valence-corrected chi connectivity index (χ0v) is 31.1. The van der Waals surface area contributed by atoms with Gasteiger partial charge in [-0.1, -0.05) is 152 Å². The summed E-state index contributed by atoms with van der Waals surface area (Å²) in [7, 11) is 0. The lowest BCUT2D eigenvalue weighted by molar-refractivity contribution is 0.361. The Balaban J connectivity index is 1.05. The number of nitrogens with zero attached hydrogens (tertiary/aromatic N) is 2. The maximum absolute atomic E-state index is 7.21. The van der Waals surface area contributed by atoms with E-state index in [2.05, 4.69) is 121 Å². The molecule has 12 rings (SSSR count). The van der Waals surface area contributed by atoms with E-state index >= 15 is 0 Å². The third-order valence-electron chi connectivity index (χ3n) is 11.7. The Hall–Kier alpha value is -7.76. The van der Waals surface area contributed by atoms with Gasteiger partial charge in [0.15, 0.2) is 28.8 Å². The minimum Gasteiger partial charge on any atom is -0.456 e. The molecule has 3 heterocycles. The van der Waals surface area contributed by atoms with Gasteiger partial charge in [-0.3, -0.25) is 0 Å². The van der Waals surface area contributed by atoms with Gasteiger partial charge in [0.05, 0.1) is 16.8 Å². The zero-order valence-electron chi connectivity index (χ0n) is 31.1. The summed E-state index contributed by atoms with van der Waals surface area (Å²) in [6.45, 7) is 0. The van der Waals surface area contributed by atoms with Crippen LogP contribution in [0.2, 0.25) is 0 Å². The highest BCUT2D eigenvalue weighted by Gasteiger charge is 2.48. The van der Waals surface area contributed by atoms with E-state index in [1.807, 2.05) is 72.8 Å². The van der Waals surface area contributed by atoms with Crippen LogP contribution in [0.1, 0.15) is 22.3 Å². The molecule has 0 radical (unpaired) electrons.